The summed E-state index contributed by atoms with van der Waals surface area (Å²) in [5.74, 6) is 2.58. The summed E-state index contributed by atoms with van der Waals surface area (Å²) in [5.41, 5.74) is 5.72. The predicted molar refractivity (Wildman–Crippen MR) is 135 cm³/mol. The lowest BCUT2D eigenvalue weighted by atomic mass is 9.66. The van der Waals surface area contributed by atoms with Gasteiger partial charge in [0.1, 0.15) is 18.5 Å². The number of ether oxygens (including phenoxy) is 1. The molecule has 2 aliphatic rings. The molecule has 4 aromatic rings. The molecule has 168 valence electrons. The quantitative estimate of drug-likeness (QED) is 0.270. The molecule has 1 fully saturated rings. The Morgan fingerprint density at radius 1 is 1.03 bits per heavy atom. The van der Waals surface area contributed by atoms with E-state index >= 15 is 0 Å². The Balaban J connectivity index is 1.50. The first-order valence-electron chi connectivity index (χ1n) is 12.6. The van der Waals surface area contributed by atoms with E-state index in [4.69, 9.17) is 4.74 Å². The van der Waals surface area contributed by atoms with Gasteiger partial charge < -0.3 is 4.74 Å². The number of benzene rings is 2. The summed E-state index contributed by atoms with van der Waals surface area (Å²) >= 11 is 0. The molecule has 2 aromatic heterocycles. The Hall–Kier alpha value is -2.94. The lowest BCUT2D eigenvalue weighted by molar-refractivity contribution is -0.659. The van der Waals surface area contributed by atoms with Crippen LogP contribution in [-0.4, -0.2) is 4.98 Å². The van der Waals surface area contributed by atoms with Gasteiger partial charge in [0.25, 0.3) is 0 Å². The summed E-state index contributed by atoms with van der Waals surface area (Å²) in [4.78, 5) is 4.34. The van der Waals surface area contributed by atoms with Gasteiger partial charge in [-0.05, 0) is 84.0 Å². The minimum absolute atomic E-state index is 0.560. The molecule has 1 aliphatic carbocycles. The molecule has 0 atom stereocenters. The van der Waals surface area contributed by atoms with Gasteiger partial charge in [-0.1, -0.05) is 32.8 Å². The molecule has 0 saturated heterocycles. The van der Waals surface area contributed by atoms with Crippen LogP contribution >= 0.6 is 0 Å². The number of hydrogen-bond donors (Lipinski definition) is 0. The number of aromatic nitrogens is 2. The van der Waals surface area contributed by atoms with E-state index in [1.54, 1.807) is 0 Å². The zero-order valence-electron chi connectivity index (χ0n) is 20.2. The third-order valence-electron chi connectivity index (χ3n) is 8.86. The second-order valence-corrected chi connectivity index (χ2v) is 10.3. The van der Waals surface area contributed by atoms with Crippen LogP contribution in [0.5, 0.6) is 11.5 Å². The third-order valence-corrected chi connectivity index (χ3v) is 8.86. The van der Waals surface area contributed by atoms with Crippen LogP contribution in [0.3, 0.4) is 0 Å². The molecule has 0 bridgehead atoms. The minimum atomic E-state index is 0.560. The number of fused-ring (bicyclic) bond motifs is 3. The van der Waals surface area contributed by atoms with Gasteiger partial charge in [-0.3, -0.25) is 4.98 Å². The Labute approximate surface area is 196 Å². The van der Waals surface area contributed by atoms with Crippen molar-refractivity contribution in [3.63, 3.8) is 0 Å². The van der Waals surface area contributed by atoms with Crippen molar-refractivity contribution in [2.45, 2.75) is 65.2 Å². The van der Waals surface area contributed by atoms with E-state index < -0.39 is 0 Å². The molecule has 6 rings (SSSR count). The third kappa shape index (κ3) is 3.08. The number of pyridine rings is 2. The Morgan fingerprint density at radius 2 is 1.82 bits per heavy atom. The fourth-order valence-corrected chi connectivity index (χ4v) is 6.51. The Morgan fingerprint density at radius 3 is 2.58 bits per heavy atom. The van der Waals surface area contributed by atoms with Gasteiger partial charge in [0.15, 0.2) is 6.20 Å². The SMILES string of the molecule is CCC1(CC)CCC(c2cc3c4c([n+](C)ccc4c2)-c2c(cc4cnccc4c2C)O3)CC1. The predicted octanol–water partition coefficient (Wildman–Crippen LogP) is 7.76. The topological polar surface area (TPSA) is 26.0 Å². The zero-order chi connectivity index (χ0) is 22.7. The van der Waals surface area contributed by atoms with Gasteiger partial charge in [0, 0.05) is 23.8 Å². The normalized spacial score (nSPS) is 17.2. The highest BCUT2D eigenvalue weighted by Crippen LogP contribution is 2.51. The van der Waals surface area contributed by atoms with Gasteiger partial charge in [0.2, 0.25) is 5.69 Å². The van der Waals surface area contributed by atoms with E-state index in [-0.39, 0.29) is 0 Å². The number of aryl methyl sites for hydroxylation is 2. The minimum Gasteiger partial charge on any atom is -0.456 e. The highest BCUT2D eigenvalue weighted by atomic mass is 16.5. The number of hydrogen-bond acceptors (Lipinski definition) is 2. The van der Waals surface area contributed by atoms with E-state index in [0.717, 1.165) is 16.9 Å². The standard InChI is InChI=1S/C30H33N2O/c1-5-30(6-2)11-7-20(8-12-30)22-15-21-10-14-32(4)29-27-19(3)24-9-13-31-18-23(24)17-25(27)33-26(16-22)28(21)29/h9-10,13-18,20H,5-8,11-12H2,1-4H3/q+1. The van der Waals surface area contributed by atoms with Crippen LogP contribution < -0.4 is 9.30 Å². The number of nitrogens with zero attached hydrogens (tertiary/aromatic N) is 2. The van der Waals surface area contributed by atoms with Crippen LogP contribution in [0.2, 0.25) is 0 Å². The van der Waals surface area contributed by atoms with Gasteiger partial charge in [-0.15, -0.1) is 0 Å². The molecule has 0 N–H and O–H groups in total. The number of rotatable bonds is 3. The van der Waals surface area contributed by atoms with Crippen molar-refractivity contribution < 1.29 is 9.30 Å². The maximum atomic E-state index is 6.67. The molecule has 3 nitrogen and oxygen atoms in total. The summed E-state index contributed by atoms with van der Waals surface area (Å²) in [6.45, 7) is 6.95. The van der Waals surface area contributed by atoms with Crippen LogP contribution in [0.4, 0.5) is 0 Å². The molecular formula is C30H33N2O+. The van der Waals surface area contributed by atoms with Gasteiger partial charge in [0.05, 0.1) is 10.9 Å². The molecule has 0 radical (unpaired) electrons. The highest BCUT2D eigenvalue weighted by Gasteiger charge is 2.35. The van der Waals surface area contributed by atoms with Crippen LogP contribution in [0, 0.1) is 12.3 Å². The van der Waals surface area contributed by atoms with Crippen molar-refractivity contribution in [3.05, 3.63) is 60.0 Å². The van der Waals surface area contributed by atoms with E-state index in [2.05, 4.69) is 73.9 Å². The molecule has 1 aliphatic heterocycles. The first-order valence-corrected chi connectivity index (χ1v) is 12.6. The lowest BCUT2D eigenvalue weighted by Crippen LogP contribution is -2.32. The van der Waals surface area contributed by atoms with Crippen molar-refractivity contribution in [3.8, 4) is 22.8 Å². The maximum Gasteiger partial charge on any atom is 0.228 e. The summed E-state index contributed by atoms with van der Waals surface area (Å²) < 4.78 is 8.92. The first-order chi connectivity index (χ1) is 16.0. The largest absolute Gasteiger partial charge is 0.456 e. The average molecular weight is 438 g/mol. The van der Waals surface area contributed by atoms with E-state index in [9.17, 15) is 0 Å². The fourth-order valence-electron chi connectivity index (χ4n) is 6.51. The fraction of sp³-hybridized carbons (Fsp3) is 0.400. The smallest absolute Gasteiger partial charge is 0.228 e. The molecule has 0 amide bonds. The second kappa shape index (κ2) is 7.55. The van der Waals surface area contributed by atoms with E-state index in [1.165, 1.54) is 77.1 Å². The van der Waals surface area contributed by atoms with Crippen LogP contribution in [0.15, 0.2) is 48.9 Å². The van der Waals surface area contributed by atoms with E-state index in [0.29, 0.717) is 11.3 Å². The van der Waals surface area contributed by atoms with E-state index in [1.807, 2.05) is 12.4 Å². The van der Waals surface area contributed by atoms with Crippen LogP contribution in [0.25, 0.3) is 32.8 Å². The molecule has 2 aromatic carbocycles. The summed E-state index contributed by atoms with van der Waals surface area (Å²) in [6.07, 6.45) is 13.9. The van der Waals surface area contributed by atoms with Crippen molar-refractivity contribution in [2.24, 2.45) is 12.5 Å². The van der Waals surface area contributed by atoms with Crippen molar-refractivity contribution >= 4 is 21.5 Å². The van der Waals surface area contributed by atoms with Gasteiger partial charge in [-0.25, -0.2) is 4.57 Å². The van der Waals surface area contributed by atoms with Gasteiger partial charge >= 0.3 is 0 Å². The molecule has 0 spiro atoms. The molecular weight excluding hydrogens is 404 g/mol. The van der Waals surface area contributed by atoms with Crippen LogP contribution in [-0.2, 0) is 7.05 Å². The Kier molecular flexibility index (Phi) is 4.72. The molecule has 1 saturated carbocycles. The molecule has 0 unspecified atom stereocenters. The Bertz CT molecular complexity index is 1390. The van der Waals surface area contributed by atoms with Crippen molar-refractivity contribution in [1.29, 1.82) is 0 Å². The second-order valence-electron chi connectivity index (χ2n) is 10.3. The average Bonchev–Trinajstić information content (AvgIpc) is 2.85. The molecule has 33 heavy (non-hydrogen) atoms. The van der Waals surface area contributed by atoms with Gasteiger partial charge in [-0.2, -0.15) is 0 Å². The monoisotopic (exact) mass is 437 g/mol. The summed E-state index contributed by atoms with van der Waals surface area (Å²) in [6, 6.07) is 11.3. The highest BCUT2D eigenvalue weighted by molar-refractivity contribution is 6.05. The van der Waals surface area contributed by atoms with Crippen LogP contribution in [0.1, 0.15) is 69.4 Å². The summed E-state index contributed by atoms with van der Waals surface area (Å²) in [5, 5.41) is 4.89. The zero-order valence-corrected chi connectivity index (χ0v) is 20.2. The van der Waals surface area contributed by atoms with Crippen molar-refractivity contribution in [1.82, 2.24) is 4.98 Å². The first kappa shape index (κ1) is 20.7. The molecule has 3 heterocycles. The summed E-state index contributed by atoms with van der Waals surface area (Å²) in [7, 11) is 2.15. The maximum absolute atomic E-state index is 6.67. The van der Waals surface area contributed by atoms with Crippen molar-refractivity contribution in [2.75, 3.05) is 0 Å². The lowest BCUT2D eigenvalue weighted by Gasteiger charge is -2.39. The molecule has 3 heteroatoms.